The Morgan fingerprint density at radius 2 is 1.54 bits per heavy atom. The number of hydrogen-bond donors (Lipinski definition) is 1. The van der Waals surface area contributed by atoms with E-state index in [2.05, 4.69) is 34.6 Å². The van der Waals surface area contributed by atoms with Gasteiger partial charge in [0.1, 0.15) is 0 Å². The lowest BCUT2D eigenvalue weighted by molar-refractivity contribution is -0.129. The fraction of sp³-hybridized carbons (Fsp3) is 1.00. The molecule has 4 rings (SSSR count). The molecular weight excluding hydrogens is 340 g/mol. The van der Waals surface area contributed by atoms with Crippen LogP contribution in [0, 0.1) is 52.3 Å². The van der Waals surface area contributed by atoms with E-state index < -0.39 is 0 Å². The van der Waals surface area contributed by atoms with E-state index >= 15 is 0 Å². The van der Waals surface area contributed by atoms with Crippen LogP contribution in [0.1, 0.15) is 112 Å². The van der Waals surface area contributed by atoms with E-state index in [0.717, 1.165) is 54.3 Å². The summed E-state index contributed by atoms with van der Waals surface area (Å²) >= 11 is 0. The Labute approximate surface area is 175 Å². The van der Waals surface area contributed by atoms with Crippen molar-refractivity contribution in [2.45, 2.75) is 118 Å². The van der Waals surface area contributed by atoms with Gasteiger partial charge in [0.2, 0.25) is 0 Å². The van der Waals surface area contributed by atoms with Crippen molar-refractivity contribution < 1.29 is 5.11 Å². The van der Waals surface area contributed by atoms with Crippen molar-refractivity contribution in [2.75, 3.05) is 0 Å². The molecule has 0 bridgehead atoms. The SMILES string of the molecule is CC(C)CCCC(C)C1CCC2C3CCC4CC(O)CCC4(C)C3CC[C@]12C. The van der Waals surface area contributed by atoms with E-state index in [-0.39, 0.29) is 6.10 Å². The first-order chi connectivity index (χ1) is 13.3. The standard InChI is InChI=1S/C27H48O/c1-18(2)7-6-8-19(3)23-11-12-24-22-10-9-20-17-21(28)13-15-26(20,4)25(22)14-16-27(23,24)5/h18-25,28H,6-17H2,1-5H3/t19?,20?,21?,22?,23?,24?,25?,26?,27-/m1/s1. The van der Waals surface area contributed by atoms with Gasteiger partial charge in [-0.2, -0.15) is 0 Å². The largest absolute Gasteiger partial charge is 0.393 e. The quantitative estimate of drug-likeness (QED) is 0.518. The topological polar surface area (TPSA) is 20.2 Å². The third kappa shape index (κ3) is 3.50. The monoisotopic (exact) mass is 388 g/mol. The van der Waals surface area contributed by atoms with Gasteiger partial charge in [0.25, 0.3) is 0 Å². The molecule has 4 aliphatic rings. The average molecular weight is 389 g/mol. The molecule has 1 N–H and O–H groups in total. The van der Waals surface area contributed by atoms with Gasteiger partial charge in [-0.3, -0.25) is 0 Å². The second-order valence-electron chi connectivity index (χ2n) is 12.6. The summed E-state index contributed by atoms with van der Waals surface area (Å²) in [5.74, 6) is 6.49. The average Bonchev–Trinajstić information content (AvgIpc) is 2.99. The van der Waals surface area contributed by atoms with Crippen LogP contribution >= 0.6 is 0 Å². The van der Waals surface area contributed by atoms with Gasteiger partial charge in [-0.1, -0.05) is 53.9 Å². The van der Waals surface area contributed by atoms with E-state index in [9.17, 15) is 5.11 Å². The van der Waals surface area contributed by atoms with E-state index in [0.29, 0.717) is 10.8 Å². The van der Waals surface area contributed by atoms with E-state index in [1.165, 1.54) is 64.2 Å². The first-order valence-corrected chi connectivity index (χ1v) is 12.9. The smallest absolute Gasteiger partial charge is 0.0543 e. The molecule has 0 radical (unpaired) electrons. The Bertz CT molecular complexity index is 540. The van der Waals surface area contributed by atoms with Gasteiger partial charge in [0, 0.05) is 0 Å². The number of aliphatic hydroxyl groups is 1. The lowest BCUT2D eigenvalue weighted by atomic mass is 9.44. The number of rotatable bonds is 5. The third-order valence-corrected chi connectivity index (χ3v) is 10.8. The first-order valence-electron chi connectivity index (χ1n) is 12.9. The summed E-state index contributed by atoms with van der Waals surface area (Å²) in [6.45, 7) is 12.7. The van der Waals surface area contributed by atoms with Crippen molar-refractivity contribution in [3.05, 3.63) is 0 Å². The number of aliphatic hydroxyl groups excluding tert-OH is 1. The second kappa shape index (κ2) is 7.90. The molecule has 0 saturated heterocycles. The molecule has 0 amide bonds. The molecule has 162 valence electrons. The van der Waals surface area contributed by atoms with Crippen LogP contribution in [0.15, 0.2) is 0 Å². The van der Waals surface area contributed by atoms with Gasteiger partial charge in [0.15, 0.2) is 0 Å². The summed E-state index contributed by atoms with van der Waals surface area (Å²) in [5.41, 5.74) is 1.15. The Balaban J connectivity index is 1.46. The highest BCUT2D eigenvalue weighted by Crippen LogP contribution is 2.68. The molecule has 8 unspecified atom stereocenters. The second-order valence-corrected chi connectivity index (χ2v) is 12.6. The van der Waals surface area contributed by atoms with Crippen LogP contribution in [0.5, 0.6) is 0 Å². The lowest BCUT2D eigenvalue weighted by Crippen LogP contribution is -2.54. The molecule has 0 aromatic heterocycles. The van der Waals surface area contributed by atoms with Gasteiger partial charge >= 0.3 is 0 Å². The molecule has 9 atom stereocenters. The van der Waals surface area contributed by atoms with Crippen LogP contribution in [0.3, 0.4) is 0 Å². The van der Waals surface area contributed by atoms with Crippen LogP contribution in [-0.2, 0) is 0 Å². The van der Waals surface area contributed by atoms with Crippen LogP contribution in [-0.4, -0.2) is 11.2 Å². The van der Waals surface area contributed by atoms with Crippen LogP contribution in [0.25, 0.3) is 0 Å². The molecule has 0 spiro atoms. The van der Waals surface area contributed by atoms with Crippen LogP contribution in [0.2, 0.25) is 0 Å². The molecule has 0 aliphatic heterocycles. The molecule has 4 fully saturated rings. The minimum absolute atomic E-state index is 0.00830. The predicted molar refractivity (Wildman–Crippen MR) is 119 cm³/mol. The van der Waals surface area contributed by atoms with Crippen LogP contribution in [0.4, 0.5) is 0 Å². The summed E-state index contributed by atoms with van der Waals surface area (Å²) in [7, 11) is 0. The summed E-state index contributed by atoms with van der Waals surface area (Å²) in [5, 5.41) is 10.3. The van der Waals surface area contributed by atoms with Crippen molar-refractivity contribution in [1.82, 2.24) is 0 Å². The molecular formula is C27H48O. The third-order valence-electron chi connectivity index (χ3n) is 10.8. The molecule has 0 aromatic rings. The minimum atomic E-state index is -0.00830. The Morgan fingerprint density at radius 1 is 0.821 bits per heavy atom. The van der Waals surface area contributed by atoms with Gasteiger partial charge in [-0.15, -0.1) is 0 Å². The van der Waals surface area contributed by atoms with Crippen molar-refractivity contribution in [2.24, 2.45) is 52.3 Å². The molecule has 0 aromatic carbocycles. The van der Waals surface area contributed by atoms with Crippen molar-refractivity contribution >= 4 is 0 Å². The summed E-state index contributed by atoms with van der Waals surface area (Å²) < 4.78 is 0. The maximum Gasteiger partial charge on any atom is 0.0543 e. The Hall–Kier alpha value is -0.0400. The van der Waals surface area contributed by atoms with Crippen LogP contribution < -0.4 is 0 Å². The maximum atomic E-state index is 10.3. The molecule has 28 heavy (non-hydrogen) atoms. The highest BCUT2D eigenvalue weighted by molar-refractivity contribution is 5.09. The van der Waals surface area contributed by atoms with E-state index in [4.69, 9.17) is 0 Å². The highest BCUT2D eigenvalue weighted by Gasteiger charge is 2.60. The minimum Gasteiger partial charge on any atom is -0.393 e. The fourth-order valence-electron chi connectivity index (χ4n) is 9.26. The van der Waals surface area contributed by atoms with E-state index in [1.807, 2.05) is 0 Å². The number of fused-ring (bicyclic) bond motifs is 5. The van der Waals surface area contributed by atoms with Crippen molar-refractivity contribution in [3.8, 4) is 0 Å². The number of hydrogen-bond acceptors (Lipinski definition) is 1. The molecule has 4 aliphatic carbocycles. The summed E-state index contributed by atoms with van der Waals surface area (Å²) in [6.07, 6.45) is 16.6. The molecule has 4 saturated carbocycles. The van der Waals surface area contributed by atoms with Crippen molar-refractivity contribution in [1.29, 1.82) is 0 Å². The molecule has 1 nitrogen and oxygen atoms in total. The molecule has 1 heteroatoms. The Kier molecular flexibility index (Phi) is 5.98. The fourth-order valence-corrected chi connectivity index (χ4v) is 9.26. The van der Waals surface area contributed by atoms with Gasteiger partial charge in [-0.25, -0.2) is 0 Å². The molecule has 0 heterocycles. The predicted octanol–water partition coefficient (Wildman–Crippen LogP) is 7.47. The highest BCUT2D eigenvalue weighted by atomic mass is 16.3. The van der Waals surface area contributed by atoms with E-state index in [1.54, 1.807) is 0 Å². The zero-order valence-electron chi connectivity index (χ0n) is 19.6. The van der Waals surface area contributed by atoms with Crippen molar-refractivity contribution in [3.63, 3.8) is 0 Å². The first kappa shape index (κ1) is 21.2. The maximum absolute atomic E-state index is 10.3. The van der Waals surface area contributed by atoms with Gasteiger partial charge < -0.3 is 5.11 Å². The summed E-state index contributed by atoms with van der Waals surface area (Å²) in [6, 6.07) is 0. The van der Waals surface area contributed by atoms with Gasteiger partial charge in [-0.05, 0) is 110 Å². The Morgan fingerprint density at radius 3 is 2.29 bits per heavy atom. The lowest BCUT2D eigenvalue weighted by Gasteiger charge is -2.61. The summed E-state index contributed by atoms with van der Waals surface area (Å²) in [4.78, 5) is 0. The normalized spacial score (nSPS) is 49.4. The zero-order chi connectivity index (χ0) is 20.1. The van der Waals surface area contributed by atoms with Gasteiger partial charge in [0.05, 0.1) is 6.10 Å². The zero-order valence-corrected chi connectivity index (χ0v) is 19.6.